The minimum Gasteiger partial charge on any atom is -0.285 e. The number of hydrazine groups is 2. The van der Waals surface area contributed by atoms with E-state index in [9.17, 15) is 8.42 Å². The summed E-state index contributed by atoms with van der Waals surface area (Å²) < 4.78 is 22.6. The molecular weight excluding hydrogens is 174 g/mol. The molecule has 7 heteroatoms. The Morgan fingerprint density at radius 3 is 2.60 bits per heavy atom. The van der Waals surface area contributed by atoms with E-state index in [0.29, 0.717) is 0 Å². The van der Waals surface area contributed by atoms with Gasteiger partial charge in [0, 0.05) is 11.7 Å². The van der Waals surface area contributed by atoms with Crippen LogP contribution in [0, 0.1) is 0 Å². The van der Waals surface area contributed by atoms with E-state index in [2.05, 4.69) is 5.43 Å². The highest BCUT2D eigenvalue weighted by Crippen LogP contribution is 2.17. The van der Waals surface area contributed by atoms with Gasteiger partial charge < -0.3 is 0 Å². The third-order valence-electron chi connectivity index (χ3n) is 0.893. The Morgan fingerprint density at radius 2 is 2.40 bits per heavy atom. The number of sulfone groups is 1. The van der Waals surface area contributed by atoms with Gasteiger partial charge in [0.25, 0.3) is 0 Å². The van der Waals surface area contributed by atoms with Gasteiger partial charge in [-0.25, -0.2) is 14.3 Å². The Balaban J connectivity index is 2.80. The van der Waals surface area contributed by atoms with Gasteiger partial charge in [-0.3, -0.25) is 5.43 Å². The van der Waals surface area contributed by atoms with Crippen LogP contribution in [0.5, 0.6) is 0 Å². The molecule has 1 aliphatic heterocycles. The maximum atomic E-state index is 10.8. The smallest absolute Gasteiger partial charge is 0.192 e. The number of nitrogens with one attached hydrogen (secondary N) is 1. The van der Waals surface area contributed by atoms with Crippen LogP contribution in [0.3, 0.4) is 0 Å². The van der Waals surface area contributed by atoms with Crippen LogP contribution >= 0.6 is 11.9 Å². The molecule has 1 rings (SSSR count). The molecule has 1 aliphatic rings. The average Bonchev–Trinajstić information content (AvgIpc) is 2.11. The molecule has 0 aliphatic carbocycles. The summed E-state index contributed by atoms with van der Waals surface area (Å²) in [7, 11) is -3.13. The first kappa shape index (κ1) is 7.86. The molecule has 0 bridgehead atoms. The second kappa shape index (κ2) is 2.42. The van der Waals surface area contributed by atoms with Gasteiger partial charge in [0.15, 0.2) is 14.9 Å². The van der Waals surface area contributed by atoms with E-state index in [0.717, 1.165) is 22.7 Å². The second-order valence-electron chi connectivity index (χ2n) is 1.80. The molecule has 0 spiro atoms. The fourth-order valence-electron chi connectivity index (χ4n) is 0.436. The summed E-state index contributed by atoms with van der Waals surface area (Å²) in [4.78, 5) is 0. The fraction of sp³-hybridized carbons (Fsp3) is 0.333. The maximum Gasteiger partial charge on any atom is 0.192 e. The molecule has 58 valence electrons. The minimum absolute atomic E-state index is 0.139. The van der Waals surface area contributed by atoms with Crippen LogP contribution in [0.1, 0.15) is 0 Å². The number of rotatable bonds is 1. The lowest BCUT2D eigenvalue weighted by Gasteiger charge is -2.06. The molecule has 5 nitrogen and oxygen atoms in total. The Labute approximate surface area is 63.2 Å². The molecule has 0 radical (unpaired) electrons. The van der Waals surface area contributed by atoms with E-state index in [-0.39, 0.29) is 5.03 Å². The number of nitrogens with zero attached hydrogens (tertiary/aromatic N) is 1. The van der Waals surface area contributed by atoms with Crippen molar-refractivity contribution in [2.24, 2.45) is 5.84 Å². The molecule has 1 heterocycles. The Bertz CT molecular complexity index is 257. The predicted octanol–water partition coefficient (Wildman–Crippen LogP) is -0.828. The molecule has 0 saturated heterocycles. The van der Waals surface area contributed by atoms with Crippen molar-refractivity contribution < 1.29 is 8.42 Å². The lowest BCUT2D eigenvalue weighted by atomic mass is 11.0. The quantitative estimate of drug-likeness (QED) is 0.406. The zero-order chi connectivity index (χ0) is 7.78. The molecule has 0 aromatic rings. The first-order valence-corrected chi connectivity index (χ1v) is 5.11. The summed E-state index contributed by atoms with van der Waals surface area (Å²) in [5.41, 5.74) is 2.44. The van der Waals surface area contributed by atoms with Crippen LogP contribution in [0.25, 0.3) is 0 Å². The topological polar surface area (TPSA) is 75.4 Å². The SMILES string of the molecule is CS(=O)(=O)C1=CSN(N)N1. The molecule has 0 amide bonds. The summed E-state index contributed by atoms with van der Waals surface area (Å²) in [6.45, 7) is 0. The average molecular weight is 181 g/mol. The second-order valence-corrected chi connectivity index (χ2v) is 4.62. The van der Waals surface area contributed by atoms with E-state index in [1.807, 2.05) is 0 Å². The normalized spacial score (nSPS) is 20.4. The van der Waals surface area contributed by atoms with Crippen molar-refractivity contribution in [1.29, 1.82) is 0 Å². The lowest BCUT2D eigenvalue weighted by molar-refractivity contribution is 0.432. The van der Waals surface area contributed by atoms with Crippen LogP contribution < -0.4 is 11.3 Å². The molecule has 0 fully saturated rings. The van der Waals surface area contributed by atoms with Crippen LogP contribution in [-0.2, 0) is 9.84 Å². The van der Waals surface area contributed by atoms with Crippen LogP contribution in [0.15, 0.2) is 10.4 Å². The Morgan fingerprint density at radius 1 is 1.80 bits per heavy atom. The first-order chi connectivity index (χ1) is 4.50. The fourth-order valence-corrected chi connectivity index (χ4v) is 2.00. The van der Waals surface area contributed by atoms with Crippen molar-refractivity contribution in [3.63, 3.8) is 0 Å². The van der Waals surface area contributed by atoms with Gasteiger partial charge in [-0.1, -0.05) is 4.52 Å². The van der Waals surface area contributed by atoms with Crippen LogP contribution in [-0.4, -0.2) is 19.2 Å². The van der Waals surface area contributed by atoms with Crippen molar-refractivity contribution in [2.75, 3.05) is 6.26 Å². The van der Waals surface area contributed by atoms with Crippen molar-refractivity contribution in [1.82, 2.24) is 9.95 Å². The van der Waals surface area contributed by atoms with E-state index < -0.39 is 9.84 Å². The van der Waals surface area contributed by atoms with E-state index in [4.69, 9.17) is 5.84 Å². The highest BCUT2D eigenvalue weighted by Gasteiger charge is 2.18. The molecule has 0 unspecified atom stereocenters. The number of hydrogen-bond donors (Lipinski definition) is 2. The lowest BCUT2D eigenvalue weighted by Crippen LogP contribution is -2.34. The van der Waals surface area contributed by atoms with Gasteiger partial charge in [-0.05, 0) is 11.9 Å². The number of nitrogens with two attached hydrogens (primary N) is 1. The molecule has 3 N–H and O–H groups in total. The van der Waals surface area contributed by atoms with Crippen molar-refractivity contribution in [2.45, 2.75) is 0 Å². The van der Waals surface area contributed by atoms with Crippen molar-refractivity contribution in [3.8, 4) is 0 Å². The number of hydrogen-bond acceptors (Lipinski definition) is 6. The summed E-state index contributed by atoms with van der Waals surface area (Å²) in [5.74, 6) is 5.19. The Hall–Kier alpha value is -0.240. The summed E-state index contributed by atoms with van der Waals surface area (Å²) in [6, 6.07) is 0. The third-order valence-corrected chi connectivity index (χ3v) is 2.71. The van der Waals surface area contributed by atoms with Gasteiger partial charge in [0.05, 0.1) is 0 Å². The molecule has 0 aromatic heterocycles. The molecule has 0 saturated carbocycles. The van der Waals surface area contributed by atoms with E-state index in [1.165, 1.54) is 5.41 Å². The third kappa shape index (κ3) is 1.63. The van der Waals surface area contributed by atoms with Gasteiger partial charge in [-0.15, -0.1) is 0 Å². The largest absolute Gasteiger partial charge is 0.285 e. The summed E-state index contributed by atoms with van der Waals surface area (Å²) in [5, 5.41) is 1.58. The van der Waals surface area contributed by atoms with Gasteiger partial charge in [0.2, 0.25) is 0 Å². The standard InChI is InChI=1S/C3H7N3O2S2/c1-10(7,8)3-2-9-6(4)5-3/h2,5H,4H2,1H3. The first-order valence-electron chi connectivity index (χ1n) is 2.38. The summed E-state index contributed by atoms with van der Waals surface area (Å²) >= 11 is 1.09. The van der Waals surface area contributed by atoms with E-state index in [1.54, 1.807) is 0 Å². The minimum atomic E-state index is -3.13. The van der Waals surface area contributed by atoms with Gasteiger partial charge in [0.1, 0.15) is 0 Å². The molecular formula is C3H7N3O2S2. The highest BCUT2D eigenvalue weighted by molar-refractivity contribution is 8.02. The van der Waals surface area contributed by atoms with Gasteiger partial charge >= 0.3 is 0 Å². The van der Waals surface area contributed by atoms with Crippen LogP contribution in [0.2, 0.25) is 0 Å². The van der Waals surface area contributed by atoms with Crippen LogP contribution in [0.4, 0.5) is 0 Å². The Kier molecular flexibility index (Phi) is 1.90. The van der Waals surface area contributed by atoms with E-state index >= 15 is 0 Å². The van der Waals surface area contributed by atoms with Crippen molar-refractivity contribution in [3.05, 3.63) is 10.4 Å². The zero-order valence-electron chi connectivity index (χ0n) is 5.23. The monoisotopic (exact) mass is 181 g/mol. The molecule has 0 aromatic carbocycles. The molecule has 0 atom stereocenters. The summed E-state index contributed by atoms with van der Waals surface area (Å²) in [6.07, 6.45) is 1.12. The highest BCUT2D eigenvalue weighted by atomic mass is 32.2. The molecule has 10 heavy (non-hydrogen) atoms. The van der Waals surface area contributed by atoms with Crippen molar-refractivity contribution >= 4 is 21.8 Å². The maximum absolute atomic E-state index is 10.8. The predicted molar refractivity (Wildman–Crippen MR) is 39.7 cm³/mol. The van der Waals surface area contributed by atoms with Gasteiger partial charge in [-0.2, -0.15) is 0 Å². The zero-order valence-corrected chi connectivity index (χ0v) is 6.87.